The van der Waals surface area contributed by atoms with Gasteiger partial charge in [0.2, 0.25) is 5.91 Å². The van der Waals surface area contributed by atoms with Crippen LogP contribution in [0.3, 0.4) is 0 Å². The number of nitrogens with zero attached hydrogens (tertiary/aromatic N) is 1. The quantitative estimate of drug-likeness (QED) is 0.695. The molecule has 2 fully saturated rings. The Labute approximate surface area is 164 Å². The van der Waals surface area contributed by atoms with Crippen molar-refractivity contribution in [1.82, 2.24) is 4.90 Å². The molecule has 0 spiro atoms. The maximum Gasteiger partial charge on any atom is 0.249 e. The van der Waals surface area contributed by atoms with Gasteiger partial charge in [-0.15, -0.1) is 0 Å². The van der Waals surface area contributed by atoms with Gasteiger partial charge >= 0.3 is 0 Å². The minimum atomic E-state index is -1.18. The summed E-state index contributed by atoms with van der Waals surface area (Å²) in [6, 6.07) is 0. The van der Waals surface area contributed by atoms with Crippen molar-refractivity contribution >= 4 is 5.91 Å². The Balaban J connectivity index is 1.81. The summed E-state index contributed by atoms with van der Waals surface area (Å²) < 4.78 is 0. The first-order valence-corrected chi connectivity index (χ1v) is 10.7. The second kappa shape index (κ2) is 7.36. The van der Waals surface area contributed by atoms with Crippen LogP contribution < -0.4 is 0 Å². The highest BCUT2D eigenvalue weighted by atomic mass is 16.3. The van der Waals surface area contributed by atoms with Gasteiger partial charge in [0.25, 0.3) is 0 Å². The third kappa shape index (κ3) is 3.29. The summed E-state index contributed by atoms with van der Waals surface area (Å²) in [5, 5.41) is 20.6. The van der Waals surface area contributed by atoms with Gasteiger partial charge in [0.05, 0.1) is 6.61 Å². The lowest BCUT2D eigenvalue weighted by molar-refractivity contribution is -0.152. The van der Waals surface area contributed by atoms with E-state index < -0.39 is 5.72 Å². The molecule has 0 bridgehead atoms. The van der Waals surface area contributed by atoms with Crippen LogP contribution in [0.25, 0.3) is 0 Å². The van der Waals surface area contributed by atoms with Gasteiger partial charge in [0.1, 0.15) is 0 Å². The molecule has 1 heterocycles. The number of aliphatic hydroxyl groups is 2. The molecule has 4 nitrogen and oxygen atoms in total. The zero-order valence-corrected chi connectivity index (χ0v) is 17.6. The predicted octanol–water partition coefficient (Wildman–Crippen LogP) is 3.75. The molecule has 152 valence electrons. The number of rotatable bonds is 6. The van der Waals surface area contributed by atoms with Crippen molar-refractivity contribution in [3.63, 3.8) is 0 Å². The third-order valence-electron chi connectivity index (χ3n) is 7.98. The van der Waals surface area contributed by atoms with Crippen molar-refractivity contribution in [2.75, 3.05) is 13.2 Å². The average Bonchev–Trinajstić information content (AvgIpc) is 3.08. The number of allylic oxidation sites excluding steroid dienone is 2. The van der Waals surface area contributed by atoms with Gasteiger partial charge < -0.3 is 15.1 Å². The van der Waals surface area contributed by atoms with Gasteiger partial charge in [-0.25, -0.2) is 0 Å². The molecule has 3 aliphatic rings. The van der Waals surface area contributed by atoms with Gasteiger partial charge in [-0.05, 0) is 66.3 Å². The summed E-state index contributed by atoms with van der Waals surface area (Å²) in [6.07, 6.45) is 10.1. The van der Waals surface area contributed by atoms with Gasteiger partial charge in [-0.2, -0.15) is 0 Å². The highest BCUT2D eigenvalue weighted by Gasteiger charge is 2.60. The molecular formula is C23H37NO3. The molecule has 1 aliphatic heterocycles. The number of hydrogen-bond donors (Lipinski definition) is 2. The van der Waals surface area contributed by atoms with E-state index in [9.17, 15) is 15.0 Å². The Kier molecular flexibility index (Phi) is 5.62. The summed E-state index contributed by atoms with van der Waals surface area (Å²) in [7, 11) is 0. The lowest BCUT2D eigenvalue weighted by atomic mass is 9.59. The van der Waals surface area contributed by atoms with Gasteiger partial charge in [0, 0.05) is 12.6 Å². The molecule has 2 saturated carbocycles. The molecule has 0 aromatic heterocycles. The van der Waals surface area contributed by atoms with Gasteiger partial charge in [-0.3, -0.25) is 4.79 Å². The van der Waals surface area contributed by atoms with Crippen molar-refractivity contribution in [3.05, 3.63) is 23.8 Å². The first-order valence-electron chi connectivity index (χ1n) is 10.7. The predicted molar refractivity (Wildman–Crippen MR) is 108 cm³/mol. The van der Waals surface area contributed by atoms with Gasteiger partial charge in [0.15, 0.2) is 5.72 Å². The SMILES string of the molecule is CC(C)[C@@H](C)/C=C/[C@@H](C)[C@H]1CC[C@H]2C3=CC(=O)N(CCO)[C@@]3(O)CC[C@]12C. The lowest BCUT2D eigenvalue weighted by Gasteiger charge is -2.50. The van der Waals surface area contributed by atoms with E-state index >= 15 is 0 Å². The van der Waals surface area contributed by atoms with Gasteiger partial charge in [-0.1, -0.05) is 46.8 Å². The topological polar surface area (TPSA) is 60.8 Å². The van der Waals surface area contributed by atoms with Crippen LogP contribution in [0.15, 0.2) is 23.8 Å². The van der Waals surface area contributed by atoms with Crippen LogP contribution in [0.2, 0.25) is 0 Å². The highest BCUT2D eigenvalue weighted by Crippen LogP contribution is 2.63. The summed E-state index contributed by atoms with van der Waals surface area (Å²) in [4.78, 5) is 13.9. The Morgan fingerprint density at radius 3 is 2.56 bits per heavy atom. The number of amides is 1. The van der Waals surface area contributed by atoms with Crippen LogP contribution in [0.4, 0.5) is 0 Å². The van der Waals surface area contributed by atoms with Crippen molar-refractivity contribution in [2.24, 2.45) is 35.0 Å². The summed E-state index contributed by atoms with van der Waals surface area (Å²) in [5.74, 6) is 2.41. The van der Waals surface area contributed by atoms with Crippen molar-refractivity contribution in [3.8, 4) is 0 Å². The fourth-order valence-corrected chi connectivity index (χ4v) is 5.87. The fourth-order valence-electron chi connectivity index (χ4n) is 5.87. The van der Waals surface area contributed by atoms with Crippen LogP contribution in [-0.4, -0.2) is 39.9 Å². The summed E-state index contributed by atoms with van der Waals surface area (Å²) in [6.45, 7) is 11.6. The molecule has 4 heteroatoms. The first kappa shape index (κ1) is 20.6. The molecule has 0 aromatic carbocycles. The van der Waals surface area contributed by atoms with Crippen molar-refractivity contribution < 1.29 is 15.0 Å². The zero-order chi connectivity index (χ0) is 20.0. The maximum absolute atomic E-state index is 12.5. The molecule has 0 aromatic rings. The van der Waals surface area contributed by atoms with E-state index in [4.69, 9.17) is 0 Å². The molecule has 3 rings (SSSR count). The smallest absolute Gasteiger partial charge is 0.249 e. The molecule has 6 atom stereocenters. The summed E-state index contributed by atoms with van der Waals surface area (Å²) >= 11 is 0. The number of carbonyl (C=O) groups is 1. The largest absolute Gasteiger partial charge is 0.395 e. The second-order valence-corrected chi connectivity index (χ2v) is 9.72. The Morgan fingerprint density at radius 1 is 1.22 bits per heavy atom. The Bertz CT molecular complexity index is 640. The minimum absolute atomic E-state index is 0.115. The van der Waals surface area contributed by atoms with E-state index in [1.54, 1.807) is 6.08 Å². The average molecular weight is 376 g/mol. The first-order chi connectivity index (χ1) is 12.6. The summed E-state index contributed by atoms with van der Waals surface area (Å²) in [5.41, 5.74) is -0.147. The minimum Gasteiger partial charge on any atom is -0.395 e. The maximum atomic E-state index is 12.5. The molecule has 0 radical (unpaired) electrons. The van der Waals surface area contributed by atoms with Crippen LogP contribution in [0.5, 0.6) is 0 Å². The highest BCUT2D eigenvalue weighted by molar-refractivity contribution is 5.93. The van der Waals surface area contributed by atoms with E-state index in [0.29, 0.717) is 30.1 Å². The molecule has 0 unspecified atom stereocenters. The number of fused-ring (bicyclic) bond motifs is 3. The molecule has 1 amide bonds. The van der Waals surface area contributed by atoms with E-state index in [-0.39, 0.29) is 30.4 Å². The van der Waals surface area contributed by atoms with Crippen LogP contribution in [0, 0.1) is 35.0 Å². The molecule has 0 saturated heterocycles. The van der Waals surface area contributed by atoms with Crippen LogP contribution in [-0.2, 0) is 4.79 Å². The molecule has 2 aliphatic carbocycles. The van der Waals surface area contributed by atoms with E-state index in [1.165, 1.54) is 4.90 Å². The van der Waals surface area contributed by atoms with E-state index in [0.717, 1.165) is 24.8 Å². The molecular weight excluding hydrogens is 338 g/mol. The van der Waals surface area contributed by atoms with Crippen molar-refractivity contribution in [2.45, 2.75) is 66.0 Å². The fraction of sp³-hybridized carbons (Fsp3) is 0.783. The lowest BCUT2D eigenvalue weighted by Crippen LogP contribution is -2.55. The van der Waals surface area contributed by atoms with E-state index in [2.05, 4.69) is 46.8 Å². The third-order valence-corrected chi connectivity index (χ3v) is 7.98. The standard InChI is InChI=1S/C23H37NO3/c1-15(2)16(3)6-7-17(4)18-8-9-19-20-14-21(26)24(12-13-25)23(20,27)11-10-22(18,19)5/h6-7,14-19,25,27H,8-13H2,1-5H3/b7-6+/t16-,17+,18+,19-,22+,23+/m0/s1. The number of hydrogen-bond acceptors (Lipinski definition) is 3. The number of carbonyl (C=O) groups excluding carboxylic acids is 1. The normalized spacial score (nSPS) is 38.3. The number of β-amino-alcohol motifs (C(OH)–C–C–N with tert-alkyl or cyclic N) is 1. The second-order valence-electron chi connectivity index (χ2n) is 9.72. The Hall–Kier alpha value is -1.13. The molecule has 2 N–H and O–H groups in total. The van der Waals surface area contributed by atoms with E-state index in [1.807, 2.05) is 0 Å². The van der Waals surface area contributed by atoms with Crippen LogP contribution in [0.1, 0.15) is 60.3 Å². The molecule has 27 heavy (non-hydrogen) atoms. The van der Waals surface area contributed by atoms with Crippen molar-refractivity contribution in [1.29, 1.82) is 0 Å². The number of aliphatic hydroxyl groups excluding tert-OH is 1. The van der Waals surface area contributed by atoms with Crippen LogP contribution >= 0.6 is 0 Å². The Morgan fingerprint density at radius 2 is 1.93 bits per heavy atom. The monoisotopic (exact) mass is 375 g/mol. The zero-order valence-electron chi connectivity index (χ0n) is 17.6.